The van der Waals surface area contributed by atoms with Crippen LogP contribution in [0.5, 0.6) is 5.75 Å². The monoisotopic (exact) mass is 377 g/mol. The molecule has 0 amide bonds. The van der Waals surface area contributed by atoms with Crippen molar-refractivity contribution in [2.24, 2.45) is 10.7 Å². The van der Waals surface area contributed by atoms with Crippen LogP contribution in [0.15, 0.2) is 53.5 Å². The third-order valence-electron chi connectivity index (χ3n) is 3.43. The van der Waals surface area contributed by atoms with E-state index in [0.717, 1.165) is 24.3 Å². The van der Waals surface area contributed by atoms with Gasteiger partial charge >= 0.3 is 0 Å². The van der Waals surface area contributed by atoms with E-state index in [0.29, 0.717) is 12.5 Å². The van der Waals surface area contributed by atoms with E-state index in [9.17, 15) is 0 Å². The number of nitrogens with two attached hydrogens (primary N) is 1. The number of methoxy groups -OCH3 is 1. The zero-order valence-corrected chi connectivity index (χ0v) is 15.3. The molecular weight excluding hydrogens is 354 g/mol. The Morgan fingerprint density at radius 1 is 1.04 bits per heavy atom. The van der Waals surface area contributed by atoms with E-state index in [-0.39, 0.29) is 17.0 Å². The summed E-state index contributed by atoms with van der Waals surface area (Å²) in [5, 5.41) is 3.14. The number of nitrogens with zero attached hydrogens (tertiary/aromatic N) is 1. The molecule has 0 heterocycles. The molecule has 23 heavy (non-hydrogen) atoms. The minimum absolute atomic E-state index is 0. The fourth-order valence-electron chi connectivity index (χ4n) is 2.05. The number of hydrogen-bond acceptors (Lipinski definition) is 2. The summed E-state index contributed by atoms with van der Waals surface area (Å²) in [4.78, 5) is 4.35. The van der Waals surface area contributed by atoms with Crippen molar-refractivity contribution in [3.05, 3.63) is 65.2 Å². The van der Waals surface area contributed by atoms with E-state index < -0.39 is 0 Å². The van der Waals surface area contributed by atoms with Crippen molar-refractivity contribution in [2.75, 3.05) is 13.7 Å². The first-order valence-electron chi connectivity index (χ1n) is 7.39. The molecule has 0 radical (unpaired) electrons. The predicted octanol–water partition coefficient (Wildman–Crippen LogP) is 3.23. The van der Waals surface area contributed by atoms with Crippen LogP contribution >= 0.6 is 17.0 Å². The lowest BCUT2D eigenvalue weighted by Crippen LogP contribution is -2.33. The van der Waals surface area contributed by atoms with Crippen molar-refractivity contribution in [2.45, 2.75) is 19.9 Å². The number of guanidine groups is 1. The number of nitrogens with one attached hydrogen (secondary N) is 1. The van der Waals surface area contributed by atoms with E-state index in [1.165, 1.54) is 11.1 Å². The molecule has 0 aromatic heterocycles. The quantitative estimate of drug-likeness (QED) is 0.599. The summed E-state index contributed by atoms with van der Waals surface area (Å²) in [6.45, 7) is 3.43. The molecule has 124 valence electrons. The molecule has 0 aliphatic heterocycles. The summed E-state index contributed by atoms with van der Waals surface area (Å²) in [7, 11) is 1.67. The average molecular weight is 378 g/mol. The van der Waals surface area contributed by atoms with Crippen LogP contribution in [0.1, 0.15) is 16.7 Å². The number of halogens is 1. The van der Waals surface area contributed by atoms with Gasteiger partial charge in [-0.15, -0.1) is 17.0 Å². The summed E-state index contributed by atoms with van der Waals surface area (Å²) in [6, 6.07) is 16.3. The van der Waals surface area contributed by atoms with Crippen LogP contribution in [0, 0.1) is 6.92 Å². The van der Waals surface area contributed by atoms with Gasteiger partial charge in [-0.3, -0.25) is 0 Å². The fourth-order valence-corrected chi connectivity index (χ4v) is 2.05. The van der Waals surface area contributed by atoms with E-state index in [4.69, 9.17) is 10.5 Å². The largest absolute Gasteiger partial charge is 0.497 e. The summed E-state index contributed by atoms with van der Waals surface area (Å²) in [5.74, 6) is 1.35. The van der Waals surface area contributed by atoms with Gasteiger partial charge < -0.3 is 15.8 Å². The van der Waals surface area contributed by atoms with Crippen LogP contribution in [0.4, 0.5) is 0 Å². The average Bonchev–Trinajstić information content (AvgIpc) is 2.55. The summed E-state index contributed by atoms with van der Waals surface area (Å²) >= 11 is 0. The van der Waals surface area contributed by atoms with Crippen LogP contribution in [0.2, 0.25) is 0 Å². The molecule has 2 aromatic rings. The third-order valence-corrected chi connectivity index (χ3v) is 3.43. The zero-order chi connectivity index (χ0) is 15.8. The minimum Gasteiger partial charge on any atom is -0.497 e. The van der Waals surface area contributed by atoms with Crippen LogP contribution in [0.25, 0.3) is 0 Å². The number of aryl methyl sites for hydroxylation is 1. The topological polar surface area (TPSA) is 59.6 Å². The van der Waals surface area contributed by atoms with Crippen LogP contribution in [0.3, 0.4) is 0 Å². The number of aliphatic imine (C=N–C) groups is 1. The van der Waals surface area contributed by atoms with Crippen LogP contribution < -0.4 is 15.8 Å². The number of benzene rings is 2. The highest BCUT2D eigenvalue weighted by molar-refractivity contribution is 8.93. The summed E-state index contributed by atoms with van der Waals surface area (Å²) < 4.78 is 5.14. The first kappa shape index (κ1) is 19.0. The second-order valence-electron chi connectivity index (χ2n) is 5.21. The van der Waals surface area contributed by atoms with Gasteiger partial charge in [-0.1, -0.05) is 42.0 Å². The van der Waals surface area contributed by atoms with E-state index in [1.807, 2.05) is 12.1 Å². The Bertz CT molecular complexity index is 609. The first-order chi connectivity index (χ1) is 10.7. The highest BCUT2D eigenvalue weighted by Gasteiger charge is 1.97. The van der Waals surface area contributed by atoms with Crippen molar-refractivity contribution in [3.8, 4) is 5.75 Å². The van der Waals surface area contributed by atoms with Gasteiger partial charge in [0.05, 0.1) is 13.7 Å². The molecule has 0 spiro atoms. The lowest BCUT2D eigenvalue weighted by molar-refractivity contribution is 0.414. The van der Waals surface area contributed by atoms with Gasteiger partial charge in [0.1, 0.15) is 5.75 Å². The number of rotatable bonds is 6. The zero-order valence-electron chi connectivity index (χ0n) is 13.6. The maximum absolute atomic E-state index is 5.88. The molecule has 0 fully saturated rings. The van der Waals surface area contributed by atoms with Crippen molar-refractivity contribution in [3.63, 3.8) is 0 Å². The number of ether oxygens (including phenoxy) is 1. The standard InChI is InChI=1S/C18H23N3O.BrH/c1-14-3-5-16(6-4-14)13-21-18(19)20-12-11-15-7-9-17(22-2)10-8-15;/h3-10H,11-13H2,1-2H3,(H3,19,20,21);1H. The molecule has 0 aliphatic carbocycles. The first-order valence-corrected chi connectivity index (χ1v) is 7.39. The number of hydrogen-bond donors (Lipinski definition) is 2. The molecule has 0 saturated carbocycles. The fraction of sp³-hybridized carbons (Fsp3) is 0.278. The van der Waals surface area contributed by atoms with Crippen molar-refractivity contribution >= 4 is 22.9 Å². The molecule has 4 nitrogen and oxygen atoms in total. The Kier molecular flexibility index (Phi) is 8.19. The molecule has 2 rings (SSSR count). The molecular formula is C18H24BrN3O. The molecule has 0 unspecified atom stereocenters. The van der Waals surface area contributed by atoms with Gasteiger partial charge in [-0.05, 0) is 36.6 Å². The van der Waals surface area contributed by atoms with Crippen molar-refractivity contribution in [1.29, 1.82) is 0 Å². The Balaban J connectivity index is 0.00000264. The lowest BCUT2D eigenvalue weighted by atomic mass is 10.1. The Hall–Kier alpha value is -2.01. The highest BCUT2D eigenvalue weighted by atomic mass is 79.9. The molecule has 0 saturated heterocycles. The van der Waals surface area contributed by atoms with E-state index in [2.05, 4.69) is 53.6 Å². The molecule has 5 heteroatoms. The van der Waals surface area contributed by atoms with Gasteiger partial charge in [0.25, 0.3) is 0 Å². The second-order valence-corrected chi connectivity index (χ2v) is 5.21. The van der Waals surface area contributed by atoms with E-state index >= 15 is 0 Å². The van der Waals surface area contributed by atoms with Crippen molar-refractivity contribution < 1.29 is 4.74 Å². The van der Waals surface area contributed by atoms with Gasteiger partial charge in [-0.25, -0.2) is 4.99 Å². The highest BCUT2D eigenvalue weighted by Crippen LogP contribution is 2.11. The second kappa shape index (κ2) is 9.90. The van der Waals surface area contributed by atoms with E-state index in [1.54, 1.807) is 7.11 Å². The molecule has 0 bridgehead atoms. The smallest absolute Gasteiger partial charge is 0.188 e. The van der Waals surface area contributed by atoms with Gasteiger partial charge in [0, 0.05) is 6.54 Å². The Labute approximate surface area is 148 Å². The SMILES string of the molecule is Br.COc1ccc(CCNC(N)=NCc2ccc(C)cc2)cc1. The van der Waals surface area contributed by atoms with Gasteiger partial charge in [-0.2, -0.15) is 0 Å². The lowest BCUT2D eigenvalue weighted by Gasteiger charge is -2.07. The molecule has 0 aliphatic rings. The third kappa shape index (κ3) is 6.74. The maximum Gasteiger partial charge on any atom is 0.188 e. The normalized spacial score (nSPS) is 10.8. The predicted molar refractivity (Wildman–Crippen MR) is 102 cm³/mol. The van der Waals surface area contributed by atoms with Crippen LogP contribution in [-0.4, -0.2) is 19.6 Å². The van der Waals surface area contributed by atoms with Gasteiger partial charge in [0.2, 0.25) is 0 Å². The van der Waals surface area contributed by atoms with Gasteiger partial charge in [0.15, 0.2) is 5.96 Å². The molecule has 3 N–H and O–H groups in total. The summed E-state index contributed by atoms with van der Waals surface area (Å²) in [6.07, 6.45) is 0.894. The molecule has 0 atom stereocenters. The maximum atomic E-state index is 5.88. The Morgan fingerprint density at radius 3 is 2.26 bits per heavy atom. The molecule has 2 aromatic carbocycles. The Morgan fingerprint density at radius 2 is 1.65 bits per heavy atom. The minimum atomic E-state index is 0. The van der Waals surface area contributed by atoms with Crippen LogP contribution in [-0.2, 0) is 13.0 Å². The summed E-state index contributed by atoms with van der Waals surface area (Å²) in [5.41, 5.74) is 9.52. The van der Waals surface area contributed by atoms with Crippen molar-refractivity contribution in [1.82, 2.24) is 5.32 Å².